The van der Waals surface area contributed by atoms with Crippen LogP contribution in [0, 0.1) is 13.8 Å². The number of nitrogens with one attached hydrogen (secondary N) is 1. The summed E-state index contributed by atoms with van der Waals surface area (Å²) in [4.78, 5) is 0. The Morgan fingerprint density at radius 2 is 1.81 bits per heavy atom. The minimum atomic E-state index is 0.0824. The number of rotatable bonds is 6. The van der Waals surface area contributed by atoms with Gasteiger partial charge in [-0.15, -0.1) is 0 Å². The van der Waals surface area contributed by atoms with Gasteiger partial charge in [0.25, 0.3) is 0 Å². The van der Waals surface area contributed by atoms with Crippen LogP contribution in [-0.4, -0.2) is 9.78 Å². The first-order valence-corrected chi connectivity index (χ1v) is 7.67. The standard InChI is InChI=1S/C17H26N4/c1-5-15-11-17(21(6-2)20-15)16(19-18)10-14-8-12(3)7-13(4)9-14/h7-9,11,16,19H,5-6,10,18H2,1-4H3. The van der Waals surface area contributed by atoms with Crippen molar-refractivity contribution in [3.05, 3.63) is 52.3 Å². The lowest BCUT2D eigenvalue weighted by Crippen LogP contribution is -2.31. The van der Waals surface area contributed by atoms with Crippen LogP contribution >= 0.6 is 0 Å². The molecule has 4 nitrogen and oxygen atoms in total. The quantitative estimate of drug-likeness (QED) is 0.634. The Morgan fingerprint density at radius 3 is 2.33 bits per heavy atom. The van der Waals surface area contributed by atoms with Crippen molar-refractivity contribution in [1.29, 1.82) is 0 Å². The molecule has 0 saturated heterocycles. The van der Waals surface area contributed by atoms with E-state index in [1.807, 2.05) is 4.68 Å². The lowest BCUT2D eigenvalue weighted by Gasteiger charge is -2.18. The second-order valence-electron chi connectivity index (χ2n) is 5.65. The van der Waals surface area contributed by atoms with Gasteiger partial charge in [-0.2, -0.15) is 5.10 Å². The first-order chi connectivity index (χ1) is 10.1. The van der Waals surface area contributed by atoms with Gasteiger partial charge in [0, 0.05) is 6.54 Å². The van der Waals surface area contributed by atoms with Crippen LogP contribution in [0.15, 0.2) is 24.3 Å². The molecule has 21 heavy (non-hydrogen) atoms. The Balaban J connectivity index is 2.29. The third-order valence-corrected chi connectivity index (χ3v) is 3.80. The van der Waals surface area contributed by atoms with E-state index in [0.29, 0.717) is 0 Å². The molecule has 1 unspecified atom stereocenters. The number of nitrogens with zero attached hydrogens (tertiary/aromatic N) is 2. The lowest BCUT2D eigenvalue weighted by molar-refractivity contribution is 0.489. The minimum absolute atomic E-state index is 0.0824. The van der Waals surface area contributed by atoms with Crippen LogP contribution in [0.25, 0.3) is 0 Å². The maximum absolute atomic E-state index is 5.81. The summed E-state index contributed by atoms with van der Waals surface area (Å²) in [7, 11) is 0. The zero-order valence-corrected chi connectivity index (χ0v) is 13.5. The van der Waals surface area contributed by atoms with E-state index in [9.17, 15) is 0 Å². The molecular formula is C17H26N4. The van der Waals surface area contributed by atoms with Gasteiger partial charge in [0.2, 0.25) is 0 Å². The van der Waals surface area contributed by atoms with E-state index in [-0.39, 0.29) is 6.04 Å². The van der Waals surface area contributed by atoms with Crippen molar-refractivity contribution in [3.63, 3.8) is 0 Å². The third kappa shape index (κ3) is 3.71. The molecule has 2 rings (SSSR count). The second kappa shape index (κ2) is 6.87. The smallest absolute Gasteiger partial charge is 0.0669 e. The van der Waals surface area contributed by atoms with Gasteiger partial charge in [-0.05, 0) is 45.2 Å². The molecule has 0 aliphatic rings. The van der Waals surface area contributed by atoms with Gasteiger partial charge in [-0.3, -0.25) is 16.0 Å². The van der Waals surface area contributed by atoms with Crippen LogP contribution in [0.4, 0.5) is 0 Å². The number of hydrogen-bond acceptors (Lipinski definition) is 3. The maximum atomic E-state index is 5.81. The van der Waals surface area contributed by atoms with Gasteiger partial charge in [0.15, 0.2) is 0 Å². The summed E-state index contributed by atoms with van der Waals surface area (Å²) < 4.78 is 2.05. The van der Waals surface area contributed by atoms with Crippen LogP contribution in [0.3, 0.4) is 0 Å². The fourth-order valence-electron chi connectivity index (χ4n) is 2.86. The molecule has 114 valence electrons. The van der Waals surface area contributed by atoms with E-state index in [1.165, 1.54) is 16.7 Å². The summed E-state index contributed by atoms with van der Waals surface area (Å²) in [6.07, 6.45) is 1.81. The second-order valence-corrected chi connectivity index (χ2v) is 5.65. The molecule has 0 bridgehead atoms. The molecule has 2 aromatic rings. The Hall–Kier alpha value is -1.65. The average molecular weight is 286 g/mol. The van der Waals surface area contributed by atoms with Crippen molar-refractivity contribution < 1.29 is 0 Å². The largest absolute Gasteiger partial charge is 0.271 e. The highest BCUT2D eigenvalue weighted by atomic mass is 15.3. The number of nitrogens with two attached hydrogens (primary N) is 1. The molecule has 0 radical (unpaired) electrons. The van der Waals surface area contributed by atoms with Crippen LogP contribution in [0.2, 0.25) is 0 Å². The van der Waals surface area contributed by atoms with Crippen molar-refractivity contribution in [1.82, 2.24) is 15.2 Å². The summed E-state index contributed by atoms with van der Waals surface area (Å²) in [5.74, 6) is 5.81. The van der Waals surface area contributed by atoms with Crippen LogP contribution < -0.4 is 11.3 Å². The van der Waals surface area contributed by atoms with E-state index in [2.05, 4.69) is 62.5 Å². The molecule has 0 aliphatic carbocycles. The Morgan fingerprint density at radius 1 is 1.14 bits per heavy atom. The fraction of sp³-hybridized carbons (Fsp3) is 0.471. The van der Waals surface area contributed by atoms with Gasteiger partial charge >= 0.3 is 0 Å². The Labute approximate surface area is 127 Å². The van der Waals surface area contributed by atoms with Crippen molar-refractivity contribution in [2.45, 2.75) is 53.1 Å². The van der Waals surface area contributed by atoms with E-state index >= 15 is 0 Å². The monoisotopic (exact) mass is 286 g/mol. The van der Waals surface area contributed by atoms with Crippen LogP contribution in [0.1, 0.15) is 48.0 Å². The highest BCUT2D eigenvalue weighted by Crippen LogP contribution is 2.21. The summed E-state index contributed by atoms with van der Waals surface area (Å²) in [5, 5.41) is 4.61. The van der Waals surface area contributed by atoms with Crippen molar-refractivity contribution in [2.75, 3.05) is 0 Å². The molecule has 1 aromatic carbocycles. The van der Waals surface area contributed by atoms with Gasteiger partial charge < -0.3 is 0 Å². The number of aromatic nitrogens is 2. The normalized spacial score (nSPS) is 12.6. The highest BCUT2D eigenvalue weighted by Gasteiger charge is 2.17. The zero-order chi connectivity index (χ0) is 15.4. The number of aryl methyl sites for hydroxylation is 4. The molecule has 1 aromatic heterocycles. The van der Waals surface area contributed by atoms with Crippen molar-refractivity contribution >= 4 is 0 Å². The summed E-state index contributed by atoms with van der Waals surface area (Å²) in [6.45, 7) is 9.36. The molecule has 4 heteroatoms. The Bertz CT molecular complexity index is 581. The van der Waals surface area contributed by atoms with Gasteiger partial charge in [-0.1, -0.05) is 36.2 Å². The van der Waals surface area contributed by atoms with E-state index in [1.54, 1.807) is 0 Å². The van der Waals surface area contributed by atoms with Gasteiger partial charge in [0.05, 0.1) is 17.4 Å². The van der Waals surface area contributed by atoms with Gasteiger partial charge in [-0.25, -0.2) is 0 Å². The first kappa shape index (κ1) is 15.7. The fourth-order valence-corrected chi connectivity index (χ4v) is 2.86. The molecule has 0 saturated carbocycles. The Kier molecular flexibility index (Phi) is 5.15. The molecule has 0 fully saturated rings. The summed E-state index contributed by atoms with van der Waals surface area (Å²) in [6, 6.07) is 8.89. The zero-order valence-electron chi connectivity index (χ0n) is 13.5. The molecule has 1 atom stereocenters. The molecule has 0 amide bonds. The van der Waals surface area contributed by atoms with E-state index in [0.717, 1.165) is 30.8 Å². The molecule has 0 spiro atoms. The molecule has 3 N–H and O–H groups in total. The topological polar surface area (TPSA) is 55.9 Å². The van der Waals surface area contributed by atoms with Crippen molar-refractivity contribution in [2.24, 2.45) is 5.84 Å². The average Bonchev–Trinajstić information content (AvgIpc) is 2.87. The summed E-state index contributed by atoms with van der Waals surface area (Å²) in [5.41, 5.74) is 9.12. The predicted octanol–water partition coefficient (Wildman–Crippen LogP) is 2.83. The third-order valence-electron chi connectivity index (χ3n) is 3.80. The van der Waals surface area contributed by atoms with E-state index in [4.69, 9.17) is 5.84 Å². The first-order valence-electron chi connectivity index (χ1n) is 7.67. The molecule has 1 heterocycles. The molecular weight excluding hydrogens is 260 g/mol. The predicted molar refractivity (Wildman–Crippen MR) is 87.0 cm³/mol. The van der Waals surface area contributed by atoms with Crippen LogP contribution in [0.5, 0.6) is 0 Å². The minimum Gasteiger partial charge on any atom is -0.271 e. The van der Waals surface area contributed by atoms with Crippen LogP contribution in [-0.2, 0) is 19.4 Å². The number of benzene rings is 1. The highest BCUT2D eigenvalue weighted by molar-refractivity contribution is 5.30. The molecule has 0 aliphatic heterocycles. The van der Waals surface area contributed by atoms with Gasteiger partial charge in [0.1, 0.15) is 0 Å². The SMILES string of the molecule is CCc1cc(C(Cc2cc(C)cc(C)c2)NN)n(CC)n1. The maximum Gasteiger partial charge on any atom is 0.0669 e. The number of hydrazine groups is 1. The lowest BCUT2D eigenvalue weighted by atomic mass is 9.99. The van der Waals surface area contributed by atoms with E-state index < -0.39 is 0 Å². The van der Waals surface area contributed by atoms with Crippen molar-refractivity contribution in [3.8, 4) is 0 Å². The number of hydrogen-bond donors (Lipinski definition) is 2. The summed E-state index contributed by atoms with van der Waals surface area (Å²) >= 11 is 0.